The minimum Gasteiger partial charge on any atom is -0.482 e. The first-order valence-corrected chi connectivity index (χ1v) is 7.77. The molecule has 2 rings (SSSR count). The molecule has 5 nitrogen and oxygen atoms in total. The highest BCUT2D eigenvalue weighted by Crippen LogP contribution is 2.14. The minimum absolute atomic E-state index is 0.262. The summed E-state index contributed by atoms with van der Waals surface area (Å²) in [5.41, 5.74) is 1.60. The minimum atomic E-state index is -0.936. The van der Waals surface area contributed by atoms with E-state index >= 15 is 0 Å². The summed E-state index contributed by atoms with van der Waals surface area (Å²) >= 11 is 5.78. The standard InChI is InChI=1S/C18H18ClNO4/c1-12-4-3-5-16(10-12)23-11-17(21)24-13(2)18(22)20-15-8-6-14(19)7-9-15/h3-10,13H,11H2,1-2H3,(H,20,22)/t13-/m1/s1. The number of rotatable bonds is 6. The average molecular weight is 348 g/mol. The Hall–Kier alpha value is -2.53. The van der Waals surface area contributed by atoms with Crippen LogP contribution < -0.4 is 10.1 Å². The number of amides is 1. The molecule has 6 heteroatoms. The maximum absolute atomic E-state index is 12.0. The first-order valence-electron chi connectivity index (χ1n) is 7.39. The highest BCUT2D eigenvalue weighted by atomic mass is 35.5. The van der Waals surface area contributed by atoms with Gasteiger partial charge in [-0.3, -0.25) is 4.79 Å². The van der Waals surface area contributed by atoms with Crippen LogP contribution in [0.4, 0.5) is 5.69 Å². The Labute approximate surface area is 145 Å². The number of ether oxygens (including phenoxy) is 2. The van der Waals surface area contributed by atoms with Crippen molar-refractivity contribution in [3.63, 3.8) is 0 Å². The van der Waals surface area contributed by atoms with Gasteiger partial charge in [0.15, 0.2) is 12.7 Å². The predicted molar refractivity (Wildman–Crippen MR) is 92.3 cm³/mol. The average Bonchev–Trinajstić information content (AvgIpc) is 2.55. The van der Waals surface area contributed by atoms with Crippen molar-refractivity contribution in [1.82, 2.24) is 0 Å². The summed E-state index contributed by atoms with van der Waals surface area (Å²) in [4.78, 5) is 23.8. The SMILES string of the molecule is Cc1cccc(OCC(=O)O[C@H](C)C(=O)Nc2ccc(Cl)cc2)c1. The van der Waals surface area contributed by atoms with Crippen molar-refractivity contribution < 1.29 is 19.1 Å². The highest BCUT2D eigenvalue weighted by Gasteiger charge is 2.18. The zero-order valence-electron chi connectivity index (χ0n) is 13.4. The van der Waals surface area contributed by atoms with Crippen molar-refractivity contribution in [3.8, 4) is 5.75 Å². The van der Waals surface area contributed by atoms with Gasteiger partial charge in [-0.2, -0.15) is 0 Å². The molecule has 24 heavy (non-hydrogen) atoms. The van der Waals surface area contributed by atoms with E-state index in [-0.39, 0.29) is 6.61 Å². The van der Waals surface area contributed by atoms with E-state index in [0.717, 1.165) is 5.56 Å². The second kappa shape index (κ2) is 8.36. The van der Waals surface area contributed by atoms with Crippen LogP contribution >= 0.6 is 11.6 Å². The lowest BCUT2D eigenvalue weighted by Gasteiger charge is -2.14. The first kappa shape index (κ1) is 17.8. The monoisotopic (exact) mass is 347 g/mol. The molecule has 0 aliphatic heterocycles. The van der Waals surface area contributed by atoms with Crippen LogP contribution in [0.3, 0.4) is 0 Å². The van der Waals surface area contributed by atoms with E-state index in [1.165, 1.54) is 6.92 Å². The fraction of sp³-hybridized carbons (Fsp3) is 0.222. The second-order valence-electron chi connectivity index (χ2n) is 5.23. The summed E-state index contributed by atoms with van der Waals surface area (Å²) in [6.45, 7) is 3.16. The molecule has 0 saturated carbocycles. The fourth-order valence-corrected chi connectivity index (χ4v) is 2.04. The molecular weight excluding hydrogens is 330 g/mol. The molecule has 1 atom stereocenters. The molecule has 0 aliphatic carbocycles. The van der Waals surface area contributed by atoms with Crippen molar-refractivity contribution in [2.24, 2.45) is 0 Å². The number of hydrogen-bond donors (Lipinski definition) is 1. The van der Waals surface area contributed by atoms with Crippen LogP contribution in [0.5, 0.6) is 5.75 Å². The van der Waals surface area contributed by atoms with Gasteiger partial charge in [-0.05, 0) is 55.8 Å². The lowest BCUT2D eigenvalue weighted by atomic mass is 10.2. The van der Waals surface area contributed by atoms with Gasteiger partial charge in [-0.25, -0.2) is 4.79 Å². The van der Waals surface area contributed by atoms with Crippen molar-refractivity contribution in [2.45, 2.75) is 20.0 Å². The molecule has 0 aromatic heterocycles. The van der Waals surface area contributed by atoms with Gasteiger partial charge in [-0.15, -0.1) is 0 Å². The lowest BCUT2D eigenvalue weighted by molar-refractivity contribution is -0.155. The predicted octanol–water partition coefficient (Wildman–Crippen LogP) is 3.60. The van der Waals surface area contributed by atoms with Crippen molar-refractivity contribution in [3.05, 3.63) is 59.1 Å². The summed E-state index contributed by atoms with van der Waals surface area (Å²) in [5, 5.41) is 3.21. The van der Waals surface area contributed by atoms with E-state index in [9.17, 15) is 9.59 Å². The first-order chi connectivity index (χ1) is 11.4. The maximum atomic E-state index is 12.0. The number of esters is 1. The van der Waals surface area contributed by atoms with Crippen LogP contribution in [-0.4, -0.2) is 24.6 Å². The summed E-state index contributed by atoms with van der Waals surface area (Å²) in [5.74, 6) is -0.471. The van der Waals surface area contributed by atoms with Crippen LogP contribution in [0, 0.1) is 6.92 Å². The number of anilines is 1. The van der Waals surface area contributed by atoms with Crippen LogP contribution in [-0.2, 0) is 14.3 Å². The van der Waals surface area contributed by atoms with Gasteiger partial charge >= 0.3 is 5.97 Å². The molecule has 0 radical (unpaired) electrons. The van der Waals surface area contributed by atoms with E-state index in [1.54, 1.807) is 30.3 Å². The van der Waals surface area contributed by atoms with Crippen LogP contribution in [0.25, 0.3) is 0 Å². The van der Waals surface area contributed by atoms with Crippen LogP contribution in [0.15, 0.2) is 48.5 Å². The summed E-state index contributed by atoms with van der Waals surface area (Å²) in [6.07, 6.45) is -0.936. The molecule has 1 N–H and O–H groups in total. The smallest absolute Gasteiger partial charge is 0.344 e. The molecule has 2 aromatic carbocycles. The largest absolute Gasteiger partial charge is 0.482 e. The van der Waals surface area contributed by atoms with E-state index in [1.807, 2.05) is 25.1 Å². The molecule has 0 spiro atoms. The Morgan fingerprint density at radius 1 is 1.17 bits per heavy atom. The quantitative estimate of drug-likeness (QED) is 0.811. The third-order valence-electron chi connectivity index (χ3n) is 3.14. The maximum Gasteiger partial charge on any atom is 0.344 e. The number of aryl methyl sites for hydroxylation is 1. The Bertz CT molecular complexity index is 715. The van der Waals surface area contributed by atoms with Gasteiger partial charge in [0, 0.05) is 10.7 Å². The van der Waals surface area contributed by atoms with Gasteiger partial charge in [0.05, 0.1) is 0 Å². The number of halogens is 1. The molecule has 0 aliphatic rings. The number of benzene rings is 2. The van der Waals surface area contributed by atoms with E-state index in [2.05, 4.69) is 5.32 Å². The Balaban J connectivity index is 1.80. The third kappa shape index (κ3) is 5.59. The number of nitrogens with one attached hydrogen (secondary N) is 1. The number of carbonyl (C=O) groups is 2. The topological polar surface area (TPSA) is 64.6 Å². The molecule has 0 bridgehead atoms. The number of carbonyl (C=O) groups excluding carboxylic acids is 2. The Morgan fingerprint density at radius 2 is 1.88 bits per heavy atom. The molecule has 126 valence electrons. The third-order valence-corrected chi connectivity index (χ3v) is 3.39. The van der Waals surface area contributed by atoms with Crippen molar-refractivity contribution in [2.75, 3.05) is 11.9 Å². The summed E-state index contributed by atoms with van der Waals surface area (Å²) in [7, 11) is 0. The van der Waals surface area contributed by atoms with Gasteiger partial charge < -0.3 is 14.8 Å². The summed E-state index contributed by atoms with van der Waals surface area (Å²) < 4.78 is 10.4. The molecule has 2 aromatic rings. The Kier molecular flexibility index (Phi) is 6.21. The Morgan fingerprint density at radius 3 is 2.54 bits per heavy atom. The normalized spacial score (nSPS) is 11.5. The molecule has 0 heterocycles. The zero-order chi connectivity index (χ0) is 17.5. The van der Waals surface area contributed by atoms with E-state index in [4.69, 9.17) is 21.1 Å². The van der Waals surface area contributed by atoms with Crippen LogP contribution in [0.1, 0.15) is 12.5 Å². The highest BCUT2D eigenvalue weighted by molar-refractivity contribution is 6.30. The molecule has 0 saturated heterocycles. The second-order valence-corrected chi connectivity index (χ2v) is 5.67. The van der Waals surface area contributed by atoms with E-state index in [0.29, 0.717) is 16.5 Å². The molecular formula is C18H18ClNO4. The van der Waals surface area contributed by atoms with Crippen molar-refractivity contribution >= 4 is 29.2 Å². The molecule has 1 amide bonds. The lowest BCUT2D eigenvalue weighted by Crippen LogP contribution is -2.31. The van der Waals surface area contributed by atoms with Gasteiger partial charge in [-0.1, -0.05) is 23.7 Å². The zero-order valence-corrected chi connectivity index (χ0v) is 14.2. The molecule has 0 fully saturated rings. The van der Waals surface area contributed by atoms with Gasteiger partial charge in [0.2, 0.25) is 0 Å². The van der Waals surface area contributed by atoms with Crippen molar-refractivity contribution in [1.29, 1.82) is 0 Å². The molecule has 0 unspecified atom stereocenters. The number of hydrogen-bond acceptors (Lipinski definition) is 4. The van der Waals surface area contributed by atoms with E-state index < -0.39 is 18.0 Å². The van der Waals surface area contributed by atoms with Gasteiger partial charge in [0.1, 0.15) is 5.75 Å². The summed E-state index contributed by atoms with van der Waals surface area (Å²) in [6, 6.07) is 14.0. The fourth-order valence-electron chi connectivity index (χ4n) is 1.91. The van der Waals surface area contributed by atoms with Gasteiger partial charge in [0.25, 0.3) is 5.91 Å². The van der Waals surface area contributed by atoms with Crippen LogP contribution in [0.2, 0.25) is 5.02 Å².